The molecule has 0 fully saturated rings. The molecule has 0 saturated heterocycles. The van der Waals surface area contributed by atoms with Crippen molar-refractivity contribution in [3.8, 4) is 11.5 Å². The summed E-state index contributed by atoms with van der Waals surface area (Å²) in [5.74, 6) is -0.773. The second-order valence-corrected chi connectivity index (χ2v) is 9.45. The average molecular weight is 682 g/mol. The second kappa shape index (κ2) is 17.4. The number of hydrogen-bond acceptors (Lipinski definition) is 10. The summed E-state index contributed by atoms with van der Waals surface area (Å²) >= 11 is 0. The highest BCUT2D eigenvalue weighted by molar-refractivity contribution is 5.95. The molecular formula is C34H30Cl2N2O9. The van der Waals surface area contributed by atoms with Crippen LogP contribution >= 0.6 is 24.8 Å². The number of halogens is 2. The zero-order chi connectivity index (χ0) is 31.1. The number of hydrogen-bond donors (Lipinski definition) is 2. The van der Waals surface area contributed by atoms with E-state index >= 15 is 0 Å². The fraction of sp³-hybridized carbons (Fsp3) is 0.0588. The van der Waals surface area contributed by atoms with Crippen molar-refractivity contribution >= 4 is 58.7 Å². The van der Waals surface area contributed by atoms with Crippen LogP contribution in [0.1, 0.15) is 31.8 Å². The van der Waals surface area contributed by atoms with Gasteiger partial charge in [-0.05, 0) is 71.8 Å². The summed E-state index contributed by atoms with van der Waals surface area (Å²) in [4.78, 5) is 48.1. The fourth-order valence-electron chi connectivity index (χ4n) is 4.19. The van der Waals surface area contributed by atoms with Crippen molar-refractivity contribution in [2.24, 2.45) is 11.5 Å². The van der Waals surface area contributed by atoms with E-state index in [2.05, 4.69) is 0 Å². The molecule has 2 heterocycles. The lowest BCUT2D eigenvalue weighted by Gasteiger charge is -2.05. The zero-order valence-electron chi connectivity index (χ0n) is 24.5. The van der Waals surface area contributed by atoms with Crippen LogP contribution in [-0.4, -0.2) is 17.4 Å². The number of carbonyl (C=O) groups excluding carboxylic acids is 2. The fourth-order valence-corrected chi connectivity index (χ4v) is 4.19. The van der Waals surface area contributed by atoms with E-state index in [1.165, 1.54) is 12.1 Å². The lowest BCUT2D eigenvalue weighted by Crippen LogP contribution is -2.18. The highest BCUT2D eigenvalue weighted by Crippen LogP contribution is 2.19. The Hall–Kier alpha value is -5.30. The van der Waals surface area contributed by atoms with E-state index in [1.54, 1.807) is 97.1 Å². The first-order valence-corrected chi connectivity index (χ1v) is 13.4. The number of nitrogens with two attached hydrogens (primary N) is 2. The van der Waals surface area contributed by atoms with Crippen LogP contribution in [-0.2, 0) is 13.1 Å². The van der Waals surface area contributed by atoms with Gasteiger partial charge in [-0.25, -0.2) is 19.2 Å². The van der Waals surface area contributed by atoms with Crippen molar-refractivity contribution in [1.82, 2.24) is 0 Å². The first-order chi connectivity index (χ1) is 21.3. The lowest BCUT2D eigenvalue weighted by molar-refractivity contribution is 0.0720. The molecule has 0 atom stereocenters. The molecule has 6 rings (SSSR count). The molecule has 0 bridgehead atoms. The van der Waals surface area contributed by atoms with Gasteiger partial charge in [0.15, 0.2) is 0 Å². The Labute approximate surface area is 279 Å². The van der Waals surface area contributed by atoms with E-state index in [1.807, 2.05) is 0 Å². The Kier molecular flexibility index (Phi) is 14.0. The van der Waals surface area contributed by atoms with Gasteiger partial charge in [0.25, 0.3) is 0 Å². The van der Waals surface area contributed by atoms with Crippen LogP contribution in [0.4, 0.5) is 0 Å². The molecule has 0 aliphatic carbocycles. The molecular weight excluding hydrogens is 651 g/mol. The topological polar surface area (TPSA) is 197 Å². The molecule has 11 nitrogen and oxygen atoms in total. The zero-order valence-corrected chi connectivity index (χ0v) is 26.2. The summed E-state index contributed by atoms with van der Waals surface area (Å²) in [5, 5.41) is 1.25. The van der Waals surface area contributed by atoms with Crippen LogP contribution < -0.4 is 32.2 Å². The van der Waals surface area contributed by atoms with Gasteiger partial charge in [0.1, 0.15) is 33.8 Å². The Bertz CT molecular complexity index is 1930. The smallest absolute Gasteiger partial charge is 0.351 e. The van der Waals surface area contributed by atoms with Crippen LogP contribution in [0.3, 0.4) is 0 Å². The van der Waals surface area contributed by atoms with Gasteiger partial charge in [0.2, 0.25) is 0 Å². The Morgan fingerprint density at radius 2 is 0.915 bits per heavy atom. The van der Waals surface area contributed by atoms with Gasteiger partial charge in [0, 0.05) is 23.9 Å². The van der Waals surface area contributed by atoms with Gasteiger partial charge in [-0.15, -0.1) is 24.8 Å². The minimum atomic E-state index is -0.750. The summed E-state index contributed by atoms with van der Waals surface area (Å²) in [6.07, 6.45) is 0. The Morgan fingerprint density at radius 3 is 1.26 bits per heavy atom. The van der Waals surface area contributed by atoms with E-state index in [0.29, 0.717) is 46.5 Å². The summed E-state index contributed by atoms with van der Waals surface area (Å²) < 4.78 is 20.6. The minimum absolute atomic E-state index is 0. The standard InChI is InChI=1S/2C17H13NO4.2ClH.H2O/c2*18-10-11-6-7-15-12(8-11)9-14(17(20)22-15)16(19)21-13-4-2-1-3-5-13;;;/h2*1-9H,10,18H2;2*1H;1H2. The number of rotatable bonds is 6. The van der Waals surface area contributed by atoms with Crippen LogP contribution in [0, 0.1) is 0 Å². The highest BCUT2D eigenvalue weighted by Gasteiger charge is 2.17. The molecule has 0 amide bonds. The molecule has 244 valence electrons. The van der Waals surface area contributed by atoms with Crippen molar-refractivity contribution in [1.29, 1.82) is 0 Å². The van der Waals surface area contributed by atoms with Crippen molar-refractivity contribution in [2.75, 3.05) is 0 Å². The third kappa shape index (κ3) is 9.36. The van der Waals surface area contributed by atoms with Crippen molar-refractivity contribution in [3.63, 3.8) is 0 Å². The van der Waals surface area contributed by atoms with Gasteiger partial charge in [-0.3, -0.25) is 0 Å². The third-order valence-corrected chi connectivity index (χ3v) is 6.41. The van der Waals surface area contributed by atoms with E-state index < -0.39 is 23.2 Å². The molecule has 0 aliphatic heterocycles. The maximum absolute atomic E-state index is 12.1. The van der Waals surface area contributed by atoms with Crippen LogP contribution in [0.15, 0.2) is 128 Å². The van der Waals surface area contributed by atoms with Crippen LogP contribution in [0.2, 0.25) is 0 Å². The molecule has 0 aliphatic rings. The van der Waals surface area contributed by atoms with Gasteiger partial charge >= 0.3 is 23.2 Å². The SMILES string of the molecule is Cl.Cl.NCc1ccc2oc(=O)c(C(=O)Oc3ccccc3)cc2c1.NCc1ccc2oc(=O)c(C(=O)Oc3ccccc3)cc2c1.O. The van der Waals surface area contributed by atoms with Crippen molar-refractivity contribution in [2.45, 2.75) is 13.1 Å². The maximum atomic E-state index is 12.1. The number of carbonyl (C=O) groups is 2. The third-order valence-electron chi connectivity index (χ3n) is 6.41. The second-order valence-electron chi connectivity index (χ2n) is 9.45. The number of ether oxygens (including phenoxy) is 2. The van der Waals surface area contributed by atoms with E-state index in [4.69, 9.17) is 29.8 Å². The maximum Gasteiger partial charge on any atom is 0.351 e. The summed E-state index contributed by atoms with van der Waals surface area (Å²) in [5.41, 5.74) is 12.0. The first-order valence-electron chi connectivity index (χ1n) is 13.4. The molecule has 13 heteroatoms. The predicted octanol–water partition coefficient (Wildman–Crippen LogP) is 4.96. The molecule has 0 radical (unpaired) electrons. The molecule has 0 saturated carbocycles. The number of para-hydroxylation sites is 2. The van der Waals surface area contributed by atoms with Gasteiger partial charge < -0.3 is 35.3 Å². The van der Waals surface area contributed by atoms with Gasteiger partial charge in [-0.2, -0.15) is 0 Å². The van der Waals surface area contributed by atoms with E-state index in [-0.39, 0.29) is 41.4 Å². The molecule has 6 N–H and O–H groups in total. The summed E-state index contributed by atoms with van der Waals surface area (Å²) in [6, 6.07) is 30.4. The van der Waals surface area contributed by atoms with Crippen molar-refractivity contribution < 1.29 is 33.4 Å². The molecule has 2 aromatic heterocycles. The van der Waals surface area contributed by atoms with Crippen LogP contribution in [0.5, 0.6) is 11.5 Å². The summed E-state index contributed by atoms with van der Waals surface area (Å²) in [7, 11) is 0. The quantitative estimate of drug-likeness (QED) is 0.138. The normalized spacial score (nSPS) is 9.91. The molecule has 0 spiro atoms. The summed E-state index contributed by atoms with van der Waals surface area (Å²) in [6.45, 7) is 0.720. The molecule has 4 aromatic carbocycles. The molecule has 47 heavy (non-hydrogen) atoms. The van der Waals surface area contributed by atoms with E-state index in [0.717, 1.165) is 11.1 Å². The largest absolute Gasteiger partial charge is 0.423 e. The number of esters is 2. The van der Waals surface area contributed by atoms with Gasteiger partial charge in [0.05, 0.1) is 0 Å². The predicted molar refractivity (Wildman–Crippen MR) is 182 cm³/mol. The highest BCUT2D eigenvalue weighted by atomic mass is 35.5. The number of benzene rings is 4. The first kappa shape index (κ1) is 37.9. The average Bonchev–Trinajstić information content (AvgIpc) is 3.05. The van der Waals surface area contributed by atoms with E-state index in [9.17, 15) is 19.2 Å². The minimum Gasteiger partial charge on any atom is -0.423 e. The molecule has 0 unspecified atom stereocenters. The number of fused-ring (bicyclic) bond motifs is 2. The Balaban J connectivity index is 0.000000307. The van der Waals surface area contributed by atoms with Gasteiger partial charge in [-0.1, -0.05) is 48.5 Å². The Morgan fingerprint density at radius 1 is 0.553 bits per heavy atom. The monoisotopic (exact) mass is 680 g/mol. The lowest BCUT2D eigenvalue weighted by atomic mass is 10.1. The van der Waals surface area contributed by atoms with Crippen molar-refractivity contribution in [3.05, 3.63) is 152 Å². The molecule has 6 aromatic rings. The van der Waals surface area contributed by atoms with Crippen LogP contribution in [0.25, 0.3) is 21.9 Å².